The lowest BCUT2D eigenvalue weighted by Crippen LogP contribution is -2.42. The van der Waals surface area contributed by atoms with E-state index in [0.29, 0.717) is 5.92 Å². The van der Waals surface area contributed by atoms with Crippen LogP contribution in [0.1, 0.15) is 53.4 Å². The molecule has 112 valence electrons. The van der Waals surface area contributed by atoms with Crippen LogP contribution in [0.5, 0.6) is 0 Å². The molecular weight excluding hydrogens is 240 g/mol. The average Bonchev–Trinajstić information content (AvgIpc) is 2.71. The van der Waals surface area contributed by atoms with Gasteiger partial charge in [0.2, 0.25) is 5.91 Å². The Bertz CT molecular complexity index is 269. The van der Waals surface area contributed by atoms with E-state index < -0.39 is 0 Å². The van der Waals surface area contributed by atoms with Crippen molar-refractivity contribution in [1.82, 2.24) is 10.2 Å². The zero-order valence-corrected chi connectivity index (χ0v) is 12.9. The molecule has 0 saturated carbocycles. The van der Waals surface area contributed by atoms with E-state index in [1.54, 1.807) is 0 Å². The highest BCUT2D eigenvalue weighted by Gasteiger charge is 2.38. The Hall–Kier alpha value is -0.610. The number of hydrogen-bond acceptors (Lipinski definition) is 3. The highest BCUT2D eigenvalue weighted by atomic mass is 16.5. The van der Waals surface area contributed by atoms with Gasteiger partial charge in [0.25, 0.3) is 0 Å². The maximum Gasteiger partial charge on any atom is 0.241 e. The maximum absolute atomic E-state index is 12.2. The second kappa shape index (κ2) is 8.54. The highest BCUT2D eigenvalue weighted by Crippen LogP contribution is 2.19. The number of hydrogen-bond donors (Lipinski definition) is 1. The molecule has 1 N–H and O–H groups in total. The summed E-state index contributed by atoms with van der Waals surface area (Å²) in [7, 11) is 0. The molecule has 2 unspecified atom stereocenters. The van der Waals surface area contributed by atoms with E-state index in [9.17, 15) is 4.79 Å². The van der Waals surface area contributed by atoms with Crippen molar-refractivity contribution in [3.05, 3.63) is 0 Å². The lowest BCUT2D eigenvalue weighted by Gasteiger charge is -2.27. The van der Waals surface area contributed by atoms with Gasteiger partial charge in [0.05, 0.1) is 12.2 Å². The van der Waals surface area contributed by atoms with Crippen LogP contribution < -0.4 is 5.32 Å². The second-order valence-corrected chi connectivity index (χ2v) is 5.67. The number of nitrogens with zero attached hydrogens (tertiary/aromatic N) is 1. The molecule has 0 bridgehead atoms. The lowest BCUT2D eigenvalue weighted by atomic mass is 10.1. The molecule has 1 rings (SSSR count). The summed E-state index contributed by atoms with van der Waals surface area (Å²) in [6.07, 6.45) is 4.27. The fraction of sp³-hybridized carbons (Fsp3) is 0.933. The standard InChI is InChI=1S/C15H30N2O2/c1-5-7-10-19-11-8-9-17-14(12(3)4)16-13(6-2)15(17)18/h12-14,16H,5-11H2,1-4H3. The summed E-state index contributed by atoms with van der Waals surface area (Å²) in [5, 5.41) is 3.44. The fourth-order valence-corrected chi connectivity index (χ4v) is 2.48. The van der Waals surface area contributed by atoms with Crippen LogP contribution in [0.3, 0.4) is 0 Å². The zero-order chi connectivity index (χ0) is 14.3. The van der Waals surface area contributed by atoms with Crippen molar-refractivity contribution in [2.75, 3.05) is 19.8 Å². The SMILES string of the molecule is CCCCOCCCN1C(=O)C(CC)NC1C(C)C. The predicted molar refractivity (Wildman–Crippen MR) is 77.9 cm³/mol. The molecule has 19 heavy (non-hydrogen) atoms. The number of ether oxygens (including phenoxy) is 1. The van der Waals surface area contributed by atoms with Gasteiger partial charge in [-0.25, -0.2) is 0 Å². The molecule has 0 radical (unpaired) electrons. The van der Waals surface area contributed by atoms with Gasteiger partial charge in [0, 0.05) is 19.8 Å². The molecular formula is C15H30N2O2. The minimum Gasteiger partial charge on any atom is -0.381 e. The van der Waals surface area contributed by atoms with Crippen LogP contribution in [-0.2, 0) is 9.53 Å². The van der Waals surface area contributed by atoms with Crippen LogP contribution >= 0.6 is 0 Å². The molecule has 1 fully saturated rings. The van der Waals surface area contributed by atoms with Crippen LogP contribution in [0.15, 0.2) is 0 Å². The summed E-state index contributed by atoms with van der Waals surface area (Å²) in [4.78, 5) is 14.2. The predicted octanol–water partition coefficient (Wildman–Crippen LogP) is 2.39. The fourth-order valence-electron chi connectivity index (χ4n) is 2.48. The van der Waals surface area contributed by atoms with Gasteiger partial charge in [-0.15, -0.1) is 0 Å². The third-order valence-electron chi connectivity index (χ3n) is 3.66. The number of nitrogens with one attached hydrogen (secondary N) is 1. The van der Waals surface area contributed by atoms with Crippen LogP contribution in [0.25, 0.3) is 0 Å². The Balaban J connectivity index is 2.34. The van der Waals surface area contributed by atoms with Crippen molar-refractivity contribution in [3.63, 3.8) is 0 Å². The van der Waals surface area contributed by atoms with Crippen molar-refractivity contribution >= 4 is 5.91 Å². The monoisotopic (exact) mass is 270 g/mol. The van der Waals surface area contributed by atoms with Crippen LogP contribution in [0.2, 0.25) is 0 Å². The molecule has 1 heterocycles. The first-order valence-corrected chi connectivity index (χ1v) is 7.76. The van der Waals surface area contributed by atoms with Gasteiger partial charge in [-0.1, -0.05) is 34.1 Å². The van der Waals surface area contributed by atoms with Gasteiger partial charge < -0.3 is 9.64 Å². The number of carbonyl (C=O) groups excluding carboxylic acids is 1. The third-order valence-corrected chi connectivity index (χ3v) is 3.66. The van der Waals surface area contributed by atoms with Crippen molar-refractivity contribution in [2.45, 2.75) is 65.6 Å². The first-order chi connectivity index (χ1) is 9.11. The molecule has 0 aromatic heterocycles. The second-order valence-electron chi connectivity index (χ2n) is 5.67. The van der Waals surface area contributed by atoms with Crippen molar-refractivity contribution < 1.29 is 9.53 Å². The summed E-state index contributed by atoms with van der Waals surface area (Å²) in [6, 6.07) is 0.00779. The highest BCUT2D eigenvalue weighted by molar-refractivity contribution is 5.84. The molecule has 4 heteroatoms. The Kier molecular flexibility index (Phi) is 7.39. The molecule has 0 aliphatic carbocycles. The van der Waals surface area contributed by atoms with Gasteiger partial charge in [0.15, 0.2) is 0 Å². The molecule has 0 aromatic rings. The Morgan fingerprint density at radius 3 is 2.53 bits per heavy atom. The van der Waals surface area contributed by atoms with E-state index >= 15 is 0 Å². The van der Waals surface area contributed by atoms with E-state index in [4.69, 9.17) is 4.74 Å². The third kappa shape index (κ3) is 4.77. The molecule has 4 nitrogen and oxygen atoms in total. The molecule has 0 aromatic carbocycles. The van der Waals surface area contributed by atoms with E-state index in [-0.39, 0.29) is 18.1 Å². The van der Waals surface area contributed by atoms with E-state index in [1.807, 2.05) is 4.90 Å². The molecule has 0 spiro atoms. The average molecular weight is 270 g/mol. The van der Waals surface area contributed by atoms with Gasteiger partial charge in [0.1, 0.15) is 0 Å². The van der Waals surface area contributed by atoms with Gasteiger partial charge in [-0.3, -0.25) is 10.1 Å². The first kappa shape index (κ1) is 16.4. The topological polar surface area (TPSA) is 41.6 Å². The molecule has 2 atom stereocenters. The summed E-state index contributed by atoms with van der Waals surface area (Å²) in [5.74, 6) is 0.705. The number of carbonyl (C=O) groups is 1. The van der Waals surface area contributed by atoms with E-state index in [0.717, 1.165) is 39.0 Å². The van der Waals surface area contributed by atoms with Crippen molar-refractivity contribution in [1.29, 1.82) is 0 Å². The Morgan fingerprint density at radius 1 is 1.26 bits per heavy atom. The molecule has 1 aliphatic heterocycles. The van der Waals surface area contributed by atoms with Gasteiger partial charge in [-0.2, -0.15) is 0 Å². The van der Waals surface area contributed by atoms with E-state index in [1.165, 1.54) is 6.42 Å². The minimum absolute atomic E-state index is 0.00779. The van der Waals surface area contributed by atoms with Gasteiger partial charge >= 0.3 is 0 Å². The van der Waals surface area contributed by atoms with Crippen LogP contribution in [-0.4, -0.2) is 42.8 Å². The largest absolute Gasteiger partial charge is 0.381 e. The normalized spacial score (nSPS) is 23.6. The zero-order valence-electron chi connectivity index (χ0n) is 12.9. The Labute approximate surface area is 117 Å². The Morgan fingerprint density at radius 2 is 1.95 bits per heavy atom. The van der Waals surface area contributed by atoms with Crippen molar-refractivity contribution in [3.8, 4) is 0 Å². The summed E-state index contributed by atoms with van der Waals surface area (Å²) in [5.41, 5.74) is 0. The first-order valence-electron chi connectivity index (χ1n) is 7.76. The minimum atomic E-state index is 0.00779. The maximum atomic E-state index is 12.2. The molecule has 1 saturated heterocycles. The van der Waals surface area contributed by atoms with E-state index in [2.05, 4.69) is 33.0 Å². The van der Waals surface area contributed by atoms with Crippen LogP contribution in [0.4, 0.5) is 0 Å². The van der Waals surface area contributed by atoms with Crippen LogP contribution in [0, 0.1) is 5.92 Å². The summed E-state index contributed by atoms with van der Waals surface area (Å²) >= 11 is 0. The number of unbranched alkanes of at least 4 members (excludes halogenated alkanes) is 1. The van der Waals surface area contributed by atoms with Gasteiger partial charge in [-0.05, 0) is 25.2 Å². The summed E-state index contributed by atoms with van der Waals surface area (Å²) in [6.45, 7) is 10.9. The van der Waals surface area contributed by atoms with Crippen molar-refractivity contribution in [2.24, 2.45) is 5.92 Å². The molecule has 1 aliphatic rings. The summed E-state index contributed by atoms with van der Waals surface area (Å²) < 4.78 is 5.56. The number of amides is 1. The molecule has 1 amide bonds. The number of rotatable bonds is 9. The lowest BCUT2D eigenvalue weighted by molar-refractivity contribution is -0.130. The smallest absolute Gasteiger partial charge is 0.241 e. The quantitative estimate of drug-likeness (QED) is 0.654.